The van der Waals surface area contributed by atoms with Crippen LogP contribution in [-0.2, 0) is 0 Å². The molecule has 0 aromatic heterocycles. The van der Waals surface area contributed by atoms with E-state index in [1.54, 1.807) is 6.07 Å². The zero-order valence-electron chi connectivity index (χ0n) is 7.28. The molecular formula is C9H10BrFO3. The van der Waals surface area contributed by atoms with Crippen LogP contribution in [0.5, 0.6) is 5.75 Å². The normalized spacial score (nSPS) is 10.6. The molecule has 1 aromatic carbocycles. The van der Waals surface area contributed by atoms with Gasteiger partial charge in [-0.3, -0.25) is 0 Å². The summed E-state index contributed by atoms with van der Waals surface area (Å²) in [7, 11) is 0. The molecule has 0 atom stereocenters. The summed E-state index contributed by atoms with van der Waals surface area (Å²) in [5.41, 5.74) is 0. The second-order valence-electron chi connectivity index (χ2n) is 2.66. The van der Waals surface area contributed by atoms with E-state index < -0.39 is 11.9 Å². The average molecular weight is 265 g/mol. The second-order valence-corrected chi connectivity index (χ2v) is 3.45. The maximum Gasteiger partial charge on any atom is 0.145 e. The van der Waals surface area contributed by atoms with E-state index in [-0.39, 0.29) is 23.4 Å². The number of hydrogen-bond acceptors (Lipinski definition) is 3. The van der Waals surface area contributed by atoms with Gasteiger partial charge in [-0.05, 0) is 28.1 Å². The minimum absolute atomic E-state index is 0.187. The van der Waals surface area contributed by atoms with Crippen LogP contribution in [0.1, 0.15) is 0 Å². The van der Waals surface area contributed by atoms with Gasteiger partial charge >= 0.3 is 0 Å². The van der Waals surface area contributed by atoms with Crippen molar-refractivity contribution < 1.29 is 19.3 Å². The van der Waals surface area contributed by atoms with E-state index in [1.165, 1.54) is 12.1 Å². The molecule has 0 saturated carbocycles. The van der Waals surface area contributed by atoms with Gasteiger partial charge in [0.05, 0.1) is 17.7 Å². The number of benzene rings is 1. The number of rotatable bonds is 4. The van der Waals surface area contributed by atoms with Crippen molar-refractivity contribution in [1.29, 1.82) is 0 Å². The first-order valence-corrected chi connectivity index (χ1v) is 4.80. The van der Waals surface area contributed by atoms with Crippen LogP contribution < -0.4 is 4.74 Å². The van der Waals surface area contributed by atoms with Gasteiger partial charge in [-0.25, -0.2) is 4.39 Å². The Kier molecular flexibility index (Phi) is 4.31. The molecule has 0 spiro atoms. The fourth-order valence-electron chi connectivity index (χ4n) is 0.887. The molecular weight excluding hydrogens is 255 g/mol. The Labute approximate surface area is 89.3 Å². The number of aliphatic hydroxyl groups is 2. The first-order chi connectivity index (χ1) is 6.69. The van der Waals surface area contributed by atoms with Gasteiger partial charge in [0.15, 0.2) is 0 Å². The molecule has 78 valence electrons. The van der Waals surface area contributed by atoms with Crippen molar-refractivity contribution in [2.75, 3.05) is 13.2 Å². The smallest absolute Gasteiger partial charge is 0.145 e. The second kappa shape index (κ2) is 5.29. The lowest BCUT2D eigenvalue weighted by atomic mass is 10.3. The first kappa shape index (κ1) is 11.4. The van der Waals surface area contributed by atoms with Crippen LogP contribution in [-0.4, -0.2) is 29.5 Å². The highest BCUT2D eigenvalue weighted by molar-refractivity contribution is 9.10. The molecule has 1 rings (SSSR count). The molecule has 5 heteroatoms. The van der Waals surface area contributed by atoms with E-state index in [0.717, 1.165) is 0 Å². The van der Waals surface area contributed by atoms with Crippen LogP contribution >= 0.6 is 15.9 Å². The van der Waals surface area contributed by atoms with Crippen LogP contribution in [0.15, 0.2) is 22.7 Å². The molecule has 0 radical (unpaired) electrons. The Hall–Kier alpha value is -0.650. The molecule has 3 nitrogen and oxygen atoms in total. The third-order valence-electron chi connectivity index (χ3n) is 1.62. The third kappa shape index (κ3) is 2.67. The SMILES string of the molecule is OCC(CO)Oc1cccc(F)c1Br. The summed E-state index contributed by atoms with van der Waals surface area (Å²) in [4.78, 5) is 0. The summed E-state index contributed by atoms with van der Waals surface area (Å²) in [6.07, 6.45) is -0.729. The van der Waals surface area contributed by atoms with Crippen molar-refractivity contribution in [2.45, 2.75) is 6.10 Å². The fourth-order valence-corrected chi connectivity index (χ4v) is 1.24. The Morgan fingerprint density at radius 1 is 1.36 bits per heavy atom. The van der Waals surface area contributed by atoms with Gasteiger partial charge in [0, 0.05) is 0 Å². The number of halogens is 2. The largest absolute Gasteiger partial charge is 0.484 e. The summed E-state index contributed by atoms with van der Waals surface area (Å²) in [5, 5.41) is 17.5. The van der Waals surface area contributed by atoms with E-state index >= 15 is 0 Å². The van der Waals surface area contributed by atoms with Crippen molar-refractivity contribution in [3.63, 3.8) is 0 Å². The maximum absolute atomic E-state index is 13.0. The van der Waals surface area contributed by atoms with Gasteiger partial charge in [-0.15, -0.1) is 0 Å². The molecule has 0 aliphatic rings. The first-order valence-electron chi connectivity index (χ1n) is 4.01. The topological polar surface area (TPSA) is 49.7 Å². The predicted octanol–water partition coefficient (Wildman–Crippen LogP) is 1.32. The Bertz CT molecular complexity index is 302. The molecule has 14 heavy (non-hydrogen) atoms. The zero-order chi connectivity index (χ0) is 10.6. The van der Waals surface area contributed by atoms with Gasteiger partial charge in [-0.1, -0.05) is 6.07 Å². The minimum Gasteiger partial charge on any atom is -0.484 e. The molecule has 0 aliphatic carbocycles. The van der Waals surface area contributed by atoms with Crippen LogP contribution in [0.25, 0.3) is 0 Å². The highest BCUT2D eigenvalue weighted by atomic mass is 79.9. The van der Waals surface area contributed by atoms with Gasteiger partial charge in [-0.2, -0.15) is 0 Å². The van der Waals surface area contributed by atoms with E-state index in [9.17, 15) is 4.39 Å². The van der Waals surface area contributed by atoms with Crippen molar-refractivity contribution >= 4 is 15.9 Å². The van der Waals surface area contributed by atoms with E-state index in [1.807, 2.05) is 0 Å². The molecule has 0 bridgehead atoms. The van der Waals surface area contributed by atoms with Gasteiger partial charge in [0.1, 0.15) is 17.7 Å². The van der Waals surface area contributed by atoms with Gasteiger partial charge < -0.3 is 14.9 Å². The van der Waals surface area contributed by atoms with Crippen LogP contribution in [0.4, 0.5) is 4.39 Å². The molecule has 0 fully saturated rings. The van der Waals surface area contributed by atoms with Gasteiger partial charge in [0.25, 0.3) is 0 Å². The summed E-state index contributed by atoms with van der Waals surface area (Å²) in [5.74, 6) is -0.185. The summed E-state index contributed by atoms with van der Waals surface area (Å²) in [6, 6.07) is 4.32. The van der Waals surface area contributed by atoms with Crippen molar-refractivity contribution in [1.82, 2.24) is 0 Å². The monoisotopic (exact) mass is 264 g/mol. The van der Waals surface area contributed by atoms with Gasteiger partial charge in [0.2, 0.25) is 0 Å². The predicted molar refractivity (Wildman–Crippen MR) is 52.7 cm³/mol. The fraction of sp³-hybridized carbons (Fsp3) is 0.333. The Balaban J connectivity index is 2.80. The summed E-state index contributed by atoms with van der Waals surface area (Å²) in [6.45, 7) is -0.640. The summed E-state index contributed by atoms with van der Waals surface area (Å²) >= 11 is 3.00. The zero-order valence-corrected chi connectivity index (χ0v) is 8.87. The van der Waals surface area contributed by atoms with Crippen molar-refractivity contribution in [3.8, 4) is 5.75 Å². The van der Waals surface area contributed by atoms with Crippen LogP contribution in [0, 0.1) is 5.82 Å². The minimum atomic E-state index is -0.729. The number of aliphatic hydroxyl groups excluding tert-OH is 2. The number of ether oxygens (including phenoxy) is 1. The van der Waals surface area contributed by atoms with Crippen LogP contribution in [0.3, 0.4) is 0 Å². The third-order valence-corrected chi connectivity index (χ3v) is 2.39. The van der Waals surface area contributed by atoms with Crippen LogP contribution in [0.2, 0.25) is 0 Å². The molecule has 1 aromatic rings. The molecule has 0 amide bonds. The Morgan fingerprint density at radius 2 is 2.00 bits per heavy atom. The van der Waals surface area contributed by atoms with E-state index in [0.29, 0.717) is 0 Å². The number of hydrogen-bond donors (Lipinski definition) is 2. The highest BCUT2D eigenvalue weighted by Gasteiger charge is 2.11. The van der Waals surface area contributed by atoms with E-state index in [2.05, 4.69) is 15.9 Å². The quantitative estimate of drug-likeness (QED) is 0.863. The van der Waals surface area contributed by atoms with Crippen molar-refractivity contribution in [3.05, 3.63) is 28.5 Å². The molecule has 0 aliphatic heterocycles. The lowest BCUT2D eigenvalue weighted by Gasteiger charge is -2.15. The lowest BCUT2D eigenvalue weighted by molar-refractivity contribution is 0.0621. The van der Waals surface area contributed by atoms with E-state index in [4.69, 9.17) is 14.9 Å². The lowest BCUT2D eigenvalue weighted by Crippen LogP contribution is -2.25. The molecule has 0 saturated heterocycles. The van der Waals surface area contributed by atoms with Crippen molar-refractivity contribution in [2.24, 2.45) is 0 Å². The average Bonchev–Trinajstić information content (AvgIpc) is 2.20. The maximum atomic E-state index is 13.0. The highest BCUT2D eigenvalue weighted by Crippen LogP contribution is 2.27. The standard InChI is InChI=1S/C9H10BrFO3/c10-9-7(11)2-1-3-8(9)14-6(4-12)5-13/h1-3,6,12-13H,4-5H2. The molecule has 0 heterocycles. The Morgan fingerprint density at radius 3 is 2.57 bits per heavy atom. The molecule has 0 unspecified atom stereocenters. The molecule has 2 N–H and O–H groups in total. The summed E-state index contributed by atoms with van der Waals surface area (Å²) < 4.78 is 18.3.